The molecule has 0 aliphatic heterocycles. The van der Waals surface area contributed by atoms with Gasteiger partial charge in [-0.25, -0.2) is 9.07 Å². The van der Waals surface area contributed by atoms with Gasteiger partial charge >= 0.3 is 0 Å². The minimum atomic E-state index is -0.358. The lowest BCUT2D eigenvalue weighted by Gasteiger charge is -2.10. The van der Waals surface area contributed by atoms with Crippen molar-refractivity contribution >= 4 is 0 Å². The smallest absolute Gasteiger partial charge is 0.278 e. The van der Waals surface area contributed by atoms with Gasteiger partial charge in [-0.15, -0.1) is 0 Å². The molecule has 3 aromatic rings. The molecule has 2 heterocycles. The quantitative estimate of drug-likeness (QED) is 0.739. The van der Waals surface area contributed by atoms with Crippen molar-refractivity contribution in [2.75, 3.05) is 0 Å². The Morgan fingerprint density at radius 1 is 1.21 bits per heavy atom. The highest BCUT2D eigenvalue weighted by molar-refractivity contribution is 5.44. The van der Waals surface area contributed by atoms with Gasteiger partial charge < -0.3 is 4.52 Å². The first-order valence-electron chi connectivity index (χ1n) is 7.50. The predicted molar refractivity (Wildman–Crippen MR) is 86.0 cm³/mol. The number of hydrogen-bond donors (Lipinski definition) is 0. The molecule has 2 aromatic heterocycles. The number of halogens is 1. The molecule has 0 bridgehead atoms. The van der Waals surface area contributed by atoms with E-state index in [0.717, 1.165) is 0 Å². The summed E-state index contributed by atoms with van der Waals surface area (Å²) in [6.07, 6.45) is 0. The fourth-order valence-corrected chi connectivity index (χ4v) is 2.12. The van der Waals surface area contributed by atoms with Crippen molar-refractivity contribution in [2.45, 2.75) is 32.7 Å². The molecule has 6 nitrogen and oxygen atoms in total. The minimum absolute atomic E-state index is 0.157. The van der Waals surface area contributed by atoms with Gasteiger partial charge in [0.25, 0.3) is 11.4 Å². The summed E-state index contributed by atoms with van der Waals surface area (Å²) in [6, 6.07) is 8.95. The second-order valence-electron chi connectivity index (χ2n) is 6.52. The maximum Gasteiger partial charge on any atom is 0.278 e. The molecule has 0 saturated heterocycles. The normalized spacial score (nSPS) is 11.7. The number of hydrogen-bond acceptors (Lipinski definition) is 5. The van der Waals surface area contributed by atoms with Crippen LogP contribution in [0.3, 0.4) is 0 Å². The van der Waals surface area contributed by atoms with Gasteiger partial charge in [0.05, 0.1) is 6.54 Å². The van der Waals surface area contributed by atoms with Crippen LogP contribution in [0.4, 0.5) is 4.39 Å². The Bertz CT molecular complexity index is 925. The van der Waals surface area contributed by atoms with Gasteiger partial charge in [-0.3, -0.25) is 4.79 Å². The second kappa shape index (κ2) is 5.99. The van der Waals surface area contributed by atoms with E-state index in [1.54, 1.807) is 12.1 Å². The SMILES string of the molecule is CC(C)(C)c1noc(-c2ccc(=O)n(Cc3cccc(F)c3)n2)n1. The largest absolute Gasteiger partial charge is 0.332 e. The van der Waals surface area contributed by atoms with Gasteiger partial charge in [-0.05, 0) is 23.8 Å². The predicted octanol–water partition coefficient (Wildman–Crippen LogP) is 2.78. The Kier molecular flexibility index (Phi) is 4.01. The highest BCUT2D eigenvalue weighted by atomic mass is 19.1. The first-order chi connectivity index (χ1) is 11.3. The summed E-state index contributed by atoms with van der Waals surface area (Å²) in [7, 11) is 0. The summed E-state index contributed by atoms with van der Waals surface area (Å²) in [5.41, 5.74) is 0.493. The Balaban J connectivity index is 1.94. The average molecular weight is 328 g/mol. The van der Waals surface area contributed by atoms with E-state index in [4.69, 9.17) is 4.52 Å². The van der Waals surface area contributed by atoms with Crippen molar-refractivity contribution in [1.82, 2.24) is 19.9 Å². The third-order valence-electron chi connectivity index (χ3n) is 3.40. The molecule has 1 aromatic carbocycles. The molecule has 24 heavy (non-hydrogen) atoms. The molecule has 0 fully saturated rings. The average Bonchev–Trinajstić information content (AvgIpc) is 2.99. The molecule has 0 aliphatic rings. The third kappa shape index (κ3) is 3.40. The maximum atomic E-state index is 13.3. The lowest BCUT2D eigenvalue weighted by atomic mass is 9.96. The van der Waals surface area contributed by atoms with Crippen LogP contribution in [-0.2, 0) is 12.0 Å². The molecule has 0 spiro atoms. The Hall–Kier alpha value is -2.83. The maximum absolute atomic E-state index is 13.3. The van der Waals surface area contributed by atoms with Crippen molar-refractivity contribution in [2.24, 2.45) is 0 Å². The summed E-state index contributed by atoms with van der Waals surface area (Å²) in [5.74, 6) is 0.443. The van der Waals surface area contributed by atoms with Crippen LogP contribution in [0.2, 0.25) is 0 Å². The highest BCUT2D eigenvalue weighted by Gasteiger charge is 2.22. The van der Waals surface area contributed by atoms with Gasteiger partial charge in [-0.2, -0.15) is 10.1 Å². The third-order valence-corrected chi connectivity index (χ3v) is 3.40. The fourth-order valence-electron chi connectivity index (χ4n) is 2.12. The molecule has 0 atom stereocenters. The van der Waals surface area contributed by atoms with Crippen LogP contribution in [0.15, 0.2) is 45.7 Å². The Morgan fingerprint density at radius 3 is 2.67 bits per heavy atom. The van der Waals surface area contributed by atoms with Crippen LogP contribution in [0.1, 0.15) is 32.2 Å². The molecule has 124 valence electrons. The number of aromatic nitrogens is 4. The molecule has 0 amide bonds. The van der Waals surface area contributed by atoms with E-state index in [1.807, 2.05) is 20.8 Å². The second-order valence-corrected chi connectivity index (χ2v) is 6.52. The highest BCUT2D eigenvalue weighted by Crippen LogP contribution is 2.22. The van der Waals surface area contributed by atoms with E-state index >= 15 is 0 Å². The molecule has 7 heteroatoms. The summed E-state index contributed by atoms with van der Waals surface area (Å²) >= 11 is 0. The molecular weight excluding hydrogens is 311 g/mol. The van der Waals surface area contributed by atoms with Gasteiger partial charge in [0.15, 0.2) is 5.82 Å². The van der Waals surface area contributed by atoms with E-state index < -0.39 is 0 Å². The molecule has 0 radical (unpaired) electrons. The van der Waals surface area contributed by atoms with Crippen molar-refractivity contribution in [1.29, 1.82) is 0 Å². The molecule has 0 N–H and O–H groups in total. The molecular formula is C17H17FN4O2. The van der Waals surface area contributed by atoms with Crippen molar-refractivity contribution < 1.29 is 8.91 Å². The number of nitrogens with zero attached hydrogens (tertiary/aromatic N) is 4. The van der Waals surface area contributed by atoms with Crippen LogP contribution >= 0.6 is 0 Å². The first kappa shape index (κ1) is 16.0. The monoisotopic (exact) mass is 328 g/mol. The van der Waals surface area contributed by atoms with Gasteiger partial charge in [0.2, 0.25) is 0 Å². The van der Waals surface area contributed by atoms with Gasteiger partial charge in [0.1, 0.15) is 11.5 Å². The zero-order valence-corrected chi connectivity index (χ0v) is 13.7. The van der Waals surface area contributed by atoms with Crippen LogP contribution in [0.25, 0.3) is 11.6 Å². The Morgan fingerprint density at radius 2 is 2.00 bits per heavy atom. The van der Waals surface area contributed by atoms with Crippen LogP contribution in [0.5, 0.6) is 0 Å². The van der Waals surface area contributed by atoms with E-state index in [0.29, 0.717) is 17.1 Å². The van der Waals surface area contributed by atoms with Crippen molar-refractivity contribution in [3.8, 4) is 11.6 Å². The standard InChI is InChI=1S/C17H17FN4O2/c1-17(2,3)16-19-15(24-21-16)13-7-8-14(23)22(20-13)10-11-5-4-6-12(18)9-11/h4-9H,10H2,1-3H3. The summed E-state index contributed by atoms with van der Waals surface area (Å²) in [6.45, 7) is 6.07. The van der Waals surface area contributed by atoms with Crippen LogP contribution in [0, 0.1) is 5.82 Å². The molecule has 3 rings (SSSR count). The lowest BCUT2D eigenvalue weighted by molar-refractivity contribution is 0.400. The summed E-state index contributed by atoms with van der Waals surface area (Å²) in [4.78, 5) is 16.3. The van der Waals surface area contributed by atoms with Crippen molar-refractivity contribution in [3.63, 3.8) is 0 Å². The van der Waals surface area contributed by atoms with Crippen LogP contribution in [-0.4, -0.2) is 19.9 Å². The zero-order chi connectivity index (χ0) is 17.3. The summed E-state index contributed by atoms with van der Waals surface area (Å²) in [5, 5.41) is 8.20. The minimum Gasteiger partial charge on any atom is -0.332 e. The van der Waals surface area contributed by atoms with Crippen LogP contribution < -0.4 is 5.56 Å². The number of rotatable bonds is 3. The van der Waals surface area contributed by atoms with Crippen molar-refractivity contribution in [3.05, 3.63) is 64.0 Å². The molecule has 0 saturated carbocycles. The van der Waals surface area contributed by atoms with E-state index in [1.165, 1.54) is 28.9 Å². The Labute approximate surface area is 138 Å². The number of benzene rings is 1. The van der Waals surface area contributed by atoms with E-state index in [2.05, 4.69) is 15.2 Å². The van der Waals surface area contributed by atoms with Gasteiger partial charge in [-0.1, -0.05) is 38.1 Å². The lowest BCUT2D eigenvalue weighted by Crippen LogP contribution is -2.23. The van der Waals surface area contributed by atoms with Gasteiger partial charge in [0, 0.05) is 11.5 Å². The zero-order valence-electron chi connectivity index (χ0n) is 13.7. The topological polar surface area (TPSA) is 73.8 Å². The summed E-state index contributed by atoms with van der Waals surface area (Å²) < 4.78 is 19.8. The molecule has 0 unspecified atom stereocenters. The first-order valence-corrected chi connectivity index (χ1v) is 7.50. The fraction of sp³-hybridized carbons (Fsp3) is 0.294. The van der Waals surface area contributed by atoms with E-state index in [9.17, 15) is 9.18 Å². The van der Waals surface area contributed by atoms with E-state index in [-0.39, 0.29) is 29.2 Å². The molecule has 0 aliphatic carbocycles.